The highest BCUT2D eigenvalue weighted by molar-refractivity contribution is 6.11. The van der Waals surface area contributed by atoms with Gasteiger partial charge in [0, 0.05) is 5.56 Å². The fourth-order valence-corrected chi connectivity index (χ4v) is 3.37. The Morgan fingerprint density at radius 2 is 1.77 bits per heavy atom. The summed E-state index contributed by atoms with van der Waals surface area (Å²) in [7, 11) is 0. The second-order valence-electron chi connectivity index (χ2n) is 6.85. The number of ketones is 1. The van der Waals surface area contributed by atoms with Crippen LogP contribution >= 0.6 is 0 Å². The molecule has 0 saturated carbocycles. The van der Waals surface area contributed by atoms with Gasteiger partial charge in [0.05, 0.1) is 18.7 Å². The molecule has 6 heteroatoms. The molecule has 1 amide bonds. The lowest BCUT2D eigenvalue weighted by Crippen LogP contribution is -2.43. The molecule has 0 aromatic heterocycles. The summed E-state index contributed by atoms with van der Waals surface area (Å²) >= 11 is 0. The number of nitrogens with zero attached hydrogens (tertiary/aromatic N) is 1. The standard InChI is InChI=1S/C24H23NO5/c1-2-30-22(27)17-25-21-15-9-8-14-20(21)24(29,23(25)28)16-19(26)13-7-6-12-18-10-4-3-5-11-18/h3-15,29H,2,16-17H2,1H3/b12-6+,13-7+. The summed E-state index contributed by atoms with van der Waals surface area (Å²) in [6.07, 6.45) is 6.03. The van der Waals surface area contributed by atoms with E-state index in [0.717, 1.165) is 5.56 Å². The Balaban J connectivity index is 1.75. The van der Waals surface area contributed by atoms with Gasteiger partial charge < -0.3 is 9.84 Å². The number of rotatable bonds is 8. The zero-order chi connectivity index (χ0) is 21.6. The molecule has 0 radical (unpaired) electrons. The first-order chi connectivity index (χ1) is 14.5. The van der Waals surface area contributed by atoms with Crippen LogP contribution in [-0.2, 0) is 24.7 Å². The Morgan fingerprint density at radius 1 is 1.07 bits per heavy atom. The molecular weight excluding hydrogens is 382 g/mol. The zero-order valence-electron chi connectivity index (χ0n) is 16.7. The minimum atomic E-state index is -2.02. The molecule has 3 rings (SSSR count). The molecule has 1 aliphatic heterocycles. The molecule has 0 aliphatic carbocycles. The van der Waals surface area contributed by atoms with Crippen molar-refractivity contribution in [2.75, 3.05) is 18.1 Å². The number of benzene rings is 2. The number of ether oxygens (including phenoxy) is 1. The Hall–Kier alpha value is -3.51. The lowest BCUT2D eigenvalue weighted by molar-refractivity contribution is -0.145. The number of esters is 1. The van der Waals surface area contributed by atoms with Gasteiger partial charge in [-0.3, -0.25) is 19.3 Å². The number of hydrogen-bond acceptors (Lipinski definition) is 5. The third kappa shape index (κ3) is 4.55. The van der Waals surface area contributed by atoms with Crippen LogP contribution < -0.4 is 4.90 Å². The highest BCUT2D eigenvalue weighted by atomic mass is 16.5. The minimum Gasteiger partial charge on any atom is -0.465 e. The summed E-state index contributed by atoms with van der Waals surface area (Å²) in [4.78, 5) is 38.5. The van der Waals surface area contributed by atoms with Gasteiger partial charge in [-0.2, -0.15) is 0 Å². The fourth-order valence-electron chi connectivity index (χ4n) is 3.37. The molecule has 2 aromatic carbocycles. The molecular formula is C24H23NO5. The summed E-state index contributed by atoms with van der Waals surface area (Å²) in [6.45, 7) is 1.54. The number of carbonyl (C=O) groups is 3. The van der Waals surface area contributed by atoms with Gasteiger partial charge in [0.1, 0.15) is 6.54 Å². The first-order valence-corrected chi connectivity index (χ1v) is 9.68. The summed E-state index contributed by atoms with van der Waals surface area (Å²) in [5.74, 6) is -1.70. The third-order valence-corrected chi connectivity index (χ3v) is 4.74. The van der Waals surface area contributed by atoms with Crippen LogP contribution in [0.4, 0.5) is 5.69 Å². The molecule has 1 unspecified atom stereocenters. The van der Waals surface area contributed by atoms with Gasteiger partial charge >= 0.3 is 5.97 Å². The van der Waals surface area contributed by atoms with Crippen molar-refractivity contribution in [3.63, 3.8) is 0 Å². The Morgan fingerprint density at radius 3 is 2.50 bits per heavy atom. The Bertz CT molecular complexity index is 996. The van der Waals surface area contributed by atoms with E-state index >= 15 is 0 Å². The van der Waals surface area contributed by atoms with E-state index in [1.807, 2.05) is 36.4 Å². The summed E-state index contributed by atoms with van der Waals surface area (Å²) in [6, 6.07) is 16.2. The van der Waals surface area contributed by atoms with Crippen LogP contribution in [0.15, 0.2) is 72.8 Å². The van der Waals surface area contributed by atoms with Crippen molar-refractivity contribution in [2.24, 2.45) is 0 Å². The molecule has 0 fully saturated rings. The largest absolute Gasteiger partial charge is 0.465 e. The molecule has 1 N–H and O–H groups in total. The SMILES string of the molecule is CCOC(=O)CN1C(=O)C(O)(CC(=O)/C=C/C=C/c2ccccc2)c2ccccc21. The average Bonchev–Trinajstić information content (AvgIpc) is 2.94. The zero-order valence-corrected chi connectivity index (χ0v) is 16.7. The van der Waals surface area contributed by atoms with Crippen molar-refractivity contribution >= 4 is 29.4 Å². The van der Waals surface area contributed by atoms with E-state index < -0.39 is 29.7 Å². The summed E-state index contributed by atoms with van der Waals surface area (Å²) in [5.41, 5.74) is -0.324. The van der Waals surface area contributed by atoms with Crippen molar-refractivity contribution < 1.29 is 24.2 Å². The lowest BCUT2D eigenvalue weighted by atomic mass is 9.90. The normalized spacial score (nSPS) is 18.2. The van der Waals surface area contributed by atoms with Crippen LogP contribution in [0.25, 0.3) is 6.08 Å². The average molecular weight is 405 g/mol. The van der Waals surface area contributed by atoms with Crippen molar-refractivity contribution in [1.29, 1.82) is 0 Å². The van der Waals surface area contributed by atoms with E-state index in [4.69, 9.17) is 4.74 Å². The molecule has 1 heterocycles. The van der Waals surface area contributed by atoms with Gasteiger partial charge in [-0.25, -0.2) is 0 Å². The predicted octanol–water partition coefficient (Wildman–Crippen LogP) is 3.01. The molecule has 30 heavy (non-hydrogen) atoms. The number of para-hydroxylation sites is 1. The molecule has 6 nitrogen and oxygen atoms in total. The smallest absolute Gasteiger partial charge is 0.326 e. The van der Waals surface area contributed by atoms with E-state index in [2.05, 4.69) is 0 Å². The fraction of sp³-hybridized carbons (Fsp3) is 0.208. The van der Waals surface area contributed by atoms with E-state index in [-0.39, 0.29) is 13.2 Å². The van der Waals surface area contributed by atoms with Gasteiger partial charge in [-0.05, 0) is 24.6 Å². The van der Waals surface area contributed by atoms with E-state index in [1.165, 1.54) is 11.0 Å². The lowest BCUT2D eigenvalue weighted by Gasteiger charge is -2.21. The van der Waals surface area contributed by atoms with Crippen LogP contribution in [0.2, 0.25) is 0 Å². The molecule has 0 spiro atoms. The summed E-state index contributed by atoms with van der Waals surface area (Å²) in [5, 5.41) is 11.1. The summed E-state index contributed by atoms with van der Waals surface area (Å²) < 4.78 is 4.92. The molecule has 1 aliphatic rings. The Labute approximate surface area is 175 Å². The van der Waals surface area contributed by atoms with Crippen LogP contribution in [0.3, 0.4) is 0 Å². The van der Waals surface area contributed by atoms with Crippen molar-refractivity contribution in [3.8, 4) is 0 Å². The number of carbonyl (C=O) groups excluding carboxylic acids is 3. The van der Waals surface area contributed by atoms with Crippen molar-refractivity contribution in [2.45, 2.75) is 18.9 Å². The molecule has 154 valence electrons. The predicted molar refractivity (Wildman–Crippen MR) is 114 cm³/mol. The minimum absolute atomic E-state index is 0.187. The monoisotopic (exact) mass is 405 g/mol. The second-order valence-corrected chi connectivity index (χ2v) is 6.85. The van der Waals surface area contributed by atoms with E-state index in [1.54, 1.807) is 43.3 Å². The van der Waals surface area contributed by atoms with Gasteiger partial charge in [0.2, 0.25) is 0 Å². The van der Waals surface area contributed by atoms with Crippen molar-refractivity contribution in [1.82, 2.24) is 0 Å². The number of fused-ring (bicyclic) bond motifs is 1. The second kappa shape index (κ2) is 9.33. The molecule has 0 bridgehead atoms. The number of hydrogen-bond donors (Lipinski definition) is 1. The van der Waals surface area contributed by atoms with Crippen LogP contribution in [0.1, 0.15) is 24.5 Å². The molecule has 1 atom stereocenters. The van der Waals surface area contributed by atoms with Crippen LogP contribution in [0.5, 0.6) is 0 Å². The first kappa shape index (κ1) is 21.2. The van der Waals surface area contributed by atoms with E-state index in [0.29, 0.717) is 11.3 Å². The maximum Gasteiger partial charge on any atom is 0.326 e. The topological polar surface area (TPSA) is 83.9 Å². The van der Waals surface area contributed by atoms with Gasteiger partial charge in [0.15, 0.2) is 11.4 Å². The number of anilines is 1. The highest BCUT2D eigenvalue weighted by Crippen LogP contribution is 2.42. The van der Waals surface area contributed by atoms with Crippen molar-refractivity contribution in [3.05, 3.63) is 84.0 Å². The number of amides is 1. The van der Waals surface area contributed by atoms with Gasteiger partial charge in [0.25, 0.3) is 5.91 Å². The molecule has 2 aromatic rings. The Kier molecular flexibility index (Phi) is 6.59. The number of aliphatic hydroxyl groups is 1. The van der Waals surface area contributed by atoms with Gasteiger partial charge in [-0.1, -0.05) is 66.8 Å². The third-order valence-electron chi connectivity index (χ3n) is 4.74. The highest BCUT2D eigenvalue weighted by Gasteiger charge is 2.50. The first-order valence-electron chi connectivity index (χ1n) is 9.68. The van der Waals surface area contributed by atoms with E-state index in [9.17, 15) is 19.5 Å². The molecule has 0 saturated heterocycles. The van der Waals surface area contributed by atoms with Crippen LogP contribution in [0, 0.1) is 0 Å². The quantitative estimate of drug-likeness (QED) is 0.415. The van der Waals surface area contributed by atoms with Crippen LogP contribution in [-0.4, -0.2) is 35.9 Å². The number of allylic oxidation sites excluding steroid dienone is 3. The van der Waals surface area contributed by atoms with Gasteiger partial charge in [-0.15, -0.1) is 0 Å². The maximum atomic E-state index is 13.0. The maximum absolute atomic E-state index is 13.0.